The second-order valence-electron chi connectivity index (χ2n) is 8.15. The number of hydrogen-bond donors (Lipinski definition) is 0. The number of carbonyl (C=O) groups excluding carboxylic acids is 2. The first-order valence-corrected chi connectivity index (χ1v) is 15.0. The summed E-state index contributed by atoms with van der Waals surface area (Å²) in [5.74, 6) is -0.749. The summed E-state index contributed by atoms with van der Waals surface area (Å²) >= 11 is 3.29. The topological polar surface area (TPSA) is 71.5 Å². The van der Waals surface area contributed by atoms with Crippen molar-refractivity contribution in [1.82, 2.24) is 0 Å². The van der Waals surface area contributed by atoms with Crippen molar-refractivity contribution in [3.63, 3.8) is 0 Å². The van der Waals surface area contributed by atoms with Gasteiger partial charge in [-0.3, -0.25) is 9.59 Å². The van der Waals surface area contributed by atoms with E-state index in [0.717, 1.165) is 27.3 Å². The molecular weight excluding hydrogens is 486 g/mol. The Labute approximate surface area is 208 Å². The monoisotopic (exact) mass is 511 g/mol. The van der Waals surface area contributed by atoms with Crippen LogP contribution in [0.1, 0.15) is 28.4 Å². The van der Waals surface area contributed by atoms with E-state index >= 15 is 0 Å². The van der Waals surface area contributed by atoms with Gasteiger partial charge in [-0.2, -0.15) is 0 Å². The van der Waals surface area contributed by atoms with Gasteiger partial charge in [0.25, 0.3) is 0 Å². The number of rotatable bonds is 8. The second-order valence-corrected chi connectivity index (χ2v) is 11.9. The van der Waals surface area contributed by atoms with Crippen LogP contribution in [0, 0.1) is 5.92 Å². The molecule has 1 saturated heterocycles. The van der Waals surface area contributed by atoms with Crippen LogP contribution in [-0.2, 0) is 14.6 Å². The SMILES string of the molecule is CSc1ccc(C2C(CC(=O)c3ccc(S(C)(=O)=O)cc3)C(=O)N2c2ccc(SC)cc2)cc1. The number of β-lactam (4-membered cyclic amide) rings is 1. The summed E-state index contributed by atoms with van der Waals surface area (Å²) in [7, 11) is -3.34. The predicted molar refractivity (Wildman–Crippen MR) is 139 cm³/mol. The van der Waals surface area contributed by atoms with Crippen LogP contribution in [-0.4, -0.2) is 38.9 Å². The van der Waals surface area contributed by atoms with E-state index in [0.29, 0.717) is 5.56 Å². The van der Waals surface area contributed by atoms with Gasteiger partial charge in [0, 0.05) is 33.7 Å². The maximum absolute atomic E-state index is 13.3. The van der Waals surface area contributed by atoms with Crippen molar-refractivity contribution in [2.45, 2.75) is 27.1 Å². The summed E-state index contributed by atoms with van der Waals surface area (Å²) < 4.78 is 23.4. The van der Waals surface area contributed by atoms with Crippen LogP contribution >= 0.6 is 23.5 Å². The molecule has 0 bridgehead atoms. The smallest absolute Gasteiger partial charge is 0.233 e. The molecule has 4 rings (SSSR count). The fourth-order valence-electron chi connectivity index (χ4n) is 4.17. The molecule has 34 heavy (non-hydrogen) atoms. The minimum absolute atomic E-state index is 0.0609. The highest BCUT2D eigenvalue weighted by Crippen LogP contribution is 2.46. The molecule has 2 atom stereocenters. The minimum atomic E-state index is -3.34. The molecule has 1 aliphatic rings. The summed E-state index contributed by atoms with van der Waals surface area (Å²) in [6.07, 6.45) is 5.21. The first-order valence-electron chi connectivity index (χ1n) is 10.7. The number of carbonyl (C=O) groups is 2. The summed E-state index contributed by atoms with van der Waals surface area (Å²) in [5.41, 5.74) is 2.19. The van der Waals surface area contributed by atoms with Crippen LogP contribution in [0.3, 0.4) is 0 Å². The molecule has 5 nitrogen and oxygen atoms in total. The van der Waals surface area contributed by atoms with Crippen molar-refractivity contribution in [3.05, 3.63) is 83.9 Å². The van der Waals surface area contributed by atoms with Crippen molar-refractivity contribution >= 4 is 50.7 Å². The molecule has 3 aromatic carbocycles. The molecule has 0 aromatic heterocycles. The molecule has 0 aliphatic carbocycles. The average molecular weight is 512 g/mol. The third-order valence-electron chi connectivity index (χ3n) is 6.03. The highest BCUT2D eigenvalue weighted by molar-refractivity contribution is 7.98. The van der Waals surface area contributed by atoms with Gasteiger partial charge in [-0.15, -0.1) is 23.5 Å². The van der Waals surface area contributed by atoms with Crippen molar-refractivity contribution in [3.8, 4) is 0 Å². The van der Waals surface area contributed by atoms with Gasteiger partial charge < -0.3 is 4.90 Å². The Kier molecular flexibility index (Phi) is 7.21. The first-order chi connectivity index (χ1) is 16.2. The summed E-state index contributed by atoms with van der Waals surface area (Å²) in [6.45, 7) is 0. The van der Waals surface area contributed by atoms with Gasteiger partial charge >= 0.3 is 0 Å². The highest BCUT2D eigenvalue weighted by atomic mass is 32.2. The van der Waals surface area contributed by atoms with Gasteiger partial charge in [-0.25, -0.2) is 8.42 Å². The van der Waals surface area contributed by atoms with Gasteiger partial charge in [-0.05, 0) is 66.6 Å². The van der Waals surface area contributed by atoms with Crippen LogP contribution in [0.2, 0.25) is 0 Å². The molecule has 0 saturated carbocycles. The van der Waals surface area contributed by atoms with Gasteiger partial charge in [0.15, 0.2) is 15.6 Å². The molecule has 1 aliphatic heterocycles. The van der Waals surface area contributed by atoms with Crippen LogP contribution in [0.25, 0.3) is 0 Å². The van der Waals surface area contributed by atoms with Gasteiger partial charge in [0.1, 0.15) is 0 Å². The Morgan fingerprint density at radius 3 is 1.88 bits per heavy atom. The fraction of sp³-hybridized carbons (Fsp3) is 0.231. The zero-order chi connectivity index (χ0) is 24.5. The van der Waals surface area contributed by atoms with E-state index in [1.54, 1.807) is 28.4 Å². The molecule has 1 amide bonds. The molecule has 0 radical (unpaired) electrons. The number of hydrogen-bond acceptors (Lipinski definition) is 6. The number of Topliss-reactive ketones (excluding diaryl/α,β-unsaturated/α-hetero) is 1. The number of amides is 1. The van der Waals surface area contributed by atoms with Crippen LogP contribution in [0.5, 0.6) is 0 Å². The predicted octanol–water partition coefficient (Wildman–Crippen LogP) is 5.51. The van der Waals surface area contributed by atoms with E-state index in [9.17, 15) is 18.0 Å². The van der Waals surface area contributed by atoms with Crippen LogP contribution in [0.4, 0.5) is 5.69 Å². The number of nitrogens with zero attached hydrogens (tertiary/aromatic N) is 1. The molecule has 3 aromatic rings. The first kappa shape index (κ1) is 24.6. The van der Waals surface area contributed by atoms with Crippen LogP contribution < -0.4 is 4.90 Å². The lowest BCUT2D eigenvalue weighted by molar-refractivity contribution is -0.130. The number of ketones is 1. The molecule has 1 heterocycles. The van der Waals surface area contributed by atoms with E-state index in [1.165, 1.54) is 24.3 Å². The lowest BCUT2D eigenvalue weighted by Gasteiger charge is -2.47. The Balaban J connectivity index is 1.61. The molecule has 0 N–H and O–H groups in total. The van der Waals surface area contributed by atoms with Gasteiger partial charge in [0.05, 0.1) is 16.9 Å². The Hall–Kier alpha value is -2.55. The van der Waals surface area contributed by atoms with E-state index in [1.807, 2.05) is 61.0 Å². The number of anilines is 1. The zero-order valence-electron chi connectivity index (χ0n) is 19.1. The van der Waals surface area contributed by atoms with Crippen molar-refractivity contribution in [2.75, 3.05) is 23.7 Å². The lowest BCUT2D eigenvalue weighted by atomic mass is 9.78. The molecule has 176 valence electrons. The van der Waals surface area contributed by atoms with E-state index in [4.69, 9.17) is 0 Å². The number of thioether (sulfide) groups is 2. The second kappa shape index (κ2) is 9.98. The van der Waals surface area contributed by atoms with Crippen molar-refractivity contribution in [2.24, 2.45) is 5.92 Å². The summed E-state index contributed by atoms with van der Waals surface area (Å²) in [6, 6.07) is 21.6. The maximum Gasteiger partial charge on any atom is 0.233 e. The standard InChI is InChI=1S/C26H25NO4S3/c1-32-20-10-4-18(5-11-20)25-23(26(29)27(25)19-8-12-21(33-2)13-9-19)16-24(28)17-6-14-22(15-7-17)34(3,30)31/h4-15,23,25H,16H2,1-3H3. The third kappa shape index (κ3) is 4.94. The van der Waals surface area contributed by atoms with E-state index < -0.39 is 15.8 Å². The number of benzene rings is 3. The molecule has 8 heteroatoms. The van der Waals surface area contributed by atoms with Crippen LogP contribution in [0.15, 0.2) is 87.5 Å². The lowest BCUT2D eigenvalue weighted by Crippen LogP contribution is -2.55. The fourth-order valence-corrected chi connectivity index (χ4v) is 5.61. The normalized spacial score (nSPS) is 18.0. The molecule has 0 spiro atoms. The highest BCUT2D eigenvalue weighted by Gasteiger charge is 2.49. The molecule has 1 fully saturated rings. The minimum Gasteiger partial charge on any atom is -0.304 e. The Morgan fingerprint density at radius 1 is 0.853 bits per heavy atom. The maximum atomic E-state index is 13.3. The number of sulfone groups is 1. The molecular formula is C26H25NO4S3. The van der Waals surface area contributed by atoms with Gasteiger partial charge in [-0.1, -0.05) is 24.3 Å². The zero-order valence-corrected chi connectivity index (χ0v) is 21.5. The Morgan fingerprint density at radius 2 is 1.38 bits per heavy atom. The quantitative estimate of drug-likeness (QED) is 0.226. The average Bonchev–Trinajstić information content (AvgIpc) is 2.85. The summed E-state index contributed by atoms with van der Waals surface area (Å²) in [4.78, 5) is 30.5. The largest absolute Gasteiger partial charge is 0.304 e. The van der Waals surface area contributed by atoms with Crippen molar-refractivity contribution < 1.29 is 18.0 Å². The summed E-state index contributed by atoms with van der Waals surface area (Å²) in [5, 5.41) is 0. The van der Waals surface area contributed by atoms with Gasteiger partial charge in [0.2, 0.25) is 5.91 Å². The van der Waals surface area contributed by atoms with E-state index in [-0.39, 0.29) is 29.0 Å². The van der Waals surface area contributed by atoms with Crippen molar-refractivity contribution in [1.29, 1.82) is 0 Å². The molecule has 2 unspecified atom stereocenters. The Bertz CT molecular complexity index is 1300. The third-order valence-corrected chi connectivity index (χ3v) is 8.65. The van der Waals surface area contributed by atoms with E-state index in [2.05, 4.69) is 0 Å².